The summed E-state index contributed by atoms with van der Waals surface area (Å²) in [7, 11) is -1.29. The molecule has 0 spiro atoms. The molecule has 1 aromatic carbocycles. The molecule has 1 aliphatic carbocycles. The van der Waals surface area contributed by atoms with Crippen molar-refractivity contribution in [1.82, 2.24) is 15.1 Å². The van der Waals surface area contributed by atoms with Crippen LogP contribution in [-0.2, 0) is 27.3 Å². The highest BCUT2D eigenvalue weighted by molar-refractivity contribution is 6.76. The van der Waals surface area contributed by atoms with Gasteiger partial charge in [0, 0.05) is 39.3 Å². The Morgan fingerprint density at radius 3 is 2.61 bits per heavy atom. The van der Waals surface area contributed by atoms with E-state index in [0.717, 1.165) is 55.7 Å². The number of nitrogens with zero attached hydrogens (tertiary/aromatic N) is 2. The van der Waals surface area contributed by atoms with Gasteiger partial charge in [-0.2, -0.15) is 0 Å². The maximum Gasteiger partial charge on any atom is 0.404 e. The lowest BCUT2D eigenvalue weighted by Crippen LogP contribution is -2.55. The fourth-order valence-electron chi connectivity index (χ4n) is 5.84. The minimum absolute atomic E-state index is 0.0648. The van der Waals surface area contributed by atoms with E-state index in [1.165, 1.54) is 4.90 Å². The van der Waals surface area contributed by atoms with E-state index in [1.807, 2.05) is 18.2 Å². The van der Waals surface area contributed by atoms with Gasteiger partial charge < -0.3 is 20.1 Å². The topological polar surface area (TPSA) is 116 Å². The number of piperidine rings is 1. The zero-order valence-corrected chi connectivity index (χ0v) is 23.8. The monoisotopic (exact) mass is 543 g/mol. The van der Waals surface area contributed by atoms with Crippen LogP contribution in [0.25, 0.3) is 0 Å². The van der Waals surface area contributed by atoms with Gasteiger partial charge in [-0.3, -0.25) is 19.3 Å². The van der Waals surface area contributed by atoms with E-state index in [0.29, 0.717) is 25.1 Å². The lowest BCUT2D eigenvalue weighted by atomic mass is 9.87. The van der Waals surface area contributed by atoms with Crippen molar-refractivity contribution in [3.05, 3.63) is 34.9 Å². The standard InChI is InChI=1S/C28H41N3O6Si/c1-38(2,3)14-13-37-18-31-25(32)12-11-24(27(31)34)30-17-21-16-19(9-10-22(21)26(30)33)15-20-7-5-4-6-8-23(20)29-28(35)36/h9-10,16,20,23-24,29H,4-8,11-15,17-18H2,1-3H3,(H,35,36)/t20-,23+,24?/m1/s1. The number of amides is 4. The average molecular weight is 544 g/mol. The maximum atomic E-state index is 13.3. The van der Waals surface area contributed by atoms with Crippen molar-refractivity contribution in [2.75, 3.05) is 13.3 Å². The lowest BCUT2D eigenvalue weighted by Gasteiger charge is -2.35. The molecule has 0 radical (unpaired) electrons. The minimum Gasteiger partial charge on any atom is -0.465 e. The Bertz CT molecular complexity index is 1070. The zero-order chi connectivity index (χ0) is 27.4. The normalized spacial score (nSPS) is 24.4. The second kappa shape index (κ2) is 12.0. The summed E-state index contributed by atoms with van der Waals surface area (Å²) in [6.07, 6.45) is 5.31. The number of carbonyl (C=O) groups excluding carboxylic acids is 3. The number of imide groups is 1. The van der Waals surface area contributed by atoms with E-state index < -0.39 is 20.2 Å². The Hall–Kier alpha value is -2.72. The molecule has 3 aliphatic rings. The third-order valence-electron chi connectivity index (χ3n) is 8.04. The number of rotatable bonds is 9. The second-order valence-electron chi connectivity index (χ2n) is 12.1. The van der Waals surface area contributed by atoms with Crippen molar-refractivity contribution in [3.63, 3.8) is 0 Å². The maximum absolute atomic E-state index is 13.3. The summed E-state index contributed by atoms with van der Waals surface area (Å²) in [4.78, 5) is 53.2. The van der Waals surface area contributed by atoms with Gasteiger partial charge >= 0.3 is 6.09 Å². The predicted octanol–water partition coefficient (Wildman–Crippen LogP) is 4.23. The first-order chi connectivity index (χ1) is 18.0. The molecule has 10 heteroatoms. The summed E-state index contributed by atoms with van der Waals surface area (Å²) in [5, 5.41) is 12.0. The van der Waals surface area contributed by atoms with Crippen molar-refractivity contribution in [3.8, 4) is 0 Å². The fourth-order valence-corrected chi connectivity index (χ4v) is 6.59. The van der Waals surface area contributed by atoms with Crippen LogP contribution in [0.1, 0.15) is 66.4 Å². The van der Waals surface area contributed by atoms with E-state index in [-0.39, 0.29) is 42.8 Å². The Morgan fingerprint density at radius 1 is 1.11 bits per heavy atom. The number of fused-ring (bicyclic) bond motifs is 1. The van der Waals surface area contributed by atoms with E-state index in [9.17, 15) is 24.3 Å². The third-order valence-corrected chi connectivity index (χ3v) is 9.75. The van der Waals surface area contributed by atoms with E-state index in [1.54, 1.807) is 4.90 Å². The zero-order valence-electron chi connectivity index (χ0n) is 22.8. The summed E-state index contributed by atoms with van der Waals surface area (Å²) in [5.74, 6) is -0.589. The van der Waals surface area contributed by atoms with Gasteiger partial charge in [-0.15, -0.1) is 0 Å². The molecule has 2 heterocycles. The molecule has 1 unspecified atom stereocenters. The van der Waals surface area contributed by atoms with Crippen LogP contribution in [-0.4, -0.2) is 72.2 Å². The number of hydrogen-bond acceptors (Lipinski definition) is 5. The van der Waals surface area contributed by atoms with E-state index in [2.05, 4.69) is 25.0 Å². The summed E-state index contributed by atoms with van der Waals surface area (Å²) in [6, 6.07) is 6.02. The van der Waals surface area contributed by atoms with Gasteiger partial charge in [-0.1, -0.05) is 51.0 Å². The van der Waals surface area contributed by atoms with Gasteiger partial charge in [0.2, 0.25) is 5.91 Å². The first-order valence-corrected chi connectivity index (χ1v) is 17.6. The third kappa shape index (κ3) is 6.82. The van der Waals surface area contributed by atoms with Gasteiger partial charge in [0.15, 0.2) is 0 Å². The quantitative estimate of drug-likeness (QED) is 0.208. The molecule has 4 rings (SSSR count). The molecule has 2 aliphatic heterocycles. The molecule has 0 aromatic heterocycles. The SMILES string of the molecule is C[Si](C)(C)CCOCN1C(=O)CCC(N2Cc3cc(C[C@H]4CCCCC[C@@H]4NC(=O)O)ccc3C2=O)C1=O. The smallest absolute Gasteiger partial charge is 0.404 e. The van der Waals surface area contributed by atoms with Crippen LogP contribution in [0.4, 0.5) is 4.79 Å². The predicted molar refractivity (Wildman–Crippen MR) is 145 cm³/mol. The Balaban J connectivity index is 1.42. The summed E-state index contributed by atoms with van der Waals surface area (Å²) in [5.41, 5.74) is 2.55. The van der Waals surface area contributed by atoms with Crippen LogP contribution in [0, 0.1) is 5.92 Å². The number of likely N-dealkylation sites (tertiary alicyclic amines) is 1. The summed E-state index contributed by atoms with van der Waals surface area (Å²) < 4.78 is 5.69. The van der Waals surface area contributed by atoms with Gasteiger partial charge in [-0.05, 0) is 54.8 Å². The van der Waals surface area contributed by atoms with Crippen LogP contribution in [0.5, 0.6) is 0 Å². The van der Waals surface area contributed by atoms with Crippen LogP contribution in [0.2, 0.25) is 25.7 Å². The molecular formula is C28H41N3O6Si. The molecule has 2 N–H and O–H groups in total. The minimum atomic E-state index is -1.29. The molecule has 38 heavy (non-hydrogen) atoms. The van der Waals surface area contributed by atoms with Crippen molar-refractivity contribution in [2.45, 2.75) is 95.7 Å². The van der Waals surface area contributed by atoms with Gasteiger partial charge in [-0.25, -0.2) is 4.79 Å². The lowest BCUT2D eigenvalue weighted by molar-refractivity contribution is -0.158. The van der Waals surface area contributed by atoms with Crippen LogP contribution < -0.4 is 5.32 Å². The molecule has 4 amide bonds. The molecule has 3 atom stereocenters. The molecule has 1 saturated carbocycles. The van der Waals surface area contributed by atoms with Gasteiger partial charge in [0.25, 0.3) is 11.8 Å². The second-order valence-corrected chi connectivity index (χ2v) is 17.8. The average Bonchev–Trinajstić information content (AvgIpc) is 3.00. The molecule has 1 aromatic rings. The van der Waals surface area contributed by atoms with Crippen LogP contribution in [0.3, 0.4) is 0 Å². The highest BCUT2D eigenvalue weighted by Gasteiger charge is 2.42. The molecule has 0 bridgehead atoms. The van der Waals surface area contributed by atoms with Crippen LogP contribution in [0.15, 0.2) is 18.2 Å². The Labute approximate surface area is 225 Å². The molecule has 9 nitrogen and oxygen atoms in total. The van der Waals surface area contributed by atoms with Crippen LogP contribution >= 0.6 is 0 Å². The number of benzene rings is 1. The van der Waals surface area contributed by atoms with E-state index in [4.69, 9.17) is 4.74 Å². The number of carboxylic acid groups (broad SMARTS) is 1. The summed E-state index contributed by atoms with van der Waals surface area (Å²) >= 11 is 0. The first-order valence-electron chi connectivity index (χ1n) is 13.9. The molecule has 208 valence electrons. The van der Waals surface area contributed by atoms with Crippen molar-refractivity contribution in [1.29, 1.82) is 0 Å². The van der Waals surface area contributed by atoms with Crippen molar-refractivity contribution in [2.24, 2.45) is 5.92 Å². The van der Waals surface area contributed by atoms with Crippen molar-refractivity contribution >= 4 is 31.9 Å². The summed E-state index contributed by atoms with van der Waals surface area (Å²) in [6.45, 7) is 7.51. The number of nitrogens with one attached hydrogen (secondary N) is 1. The van der Waals surface area contributed by atoms with E-state index >= 15 is 0 Å². The number of hydrogen-bond donors (Lipinski definition) is 2. The number of ether oxygens (including phenoxy) is 1. The highest BCUT2D eigenvalue weighted by Crippen LogP contribution is 2.32. The van der Waals surface area contributed by atoms with Gasteiger partial charge in [0.05, 0.1) is 0 Å². The fraction of sp³-hybridized carbons (Fsp3) is 0.643. The number of carbonyl (C=O) groups is 4. The molecule has 2 fully saturated rings. The Kier molecular flexibility index (Phi) is 8.92. The molecule has 1 saturated heterocycles. The largest absolute Gasteiger partial charge is 0.465 e. The Morgan fingerprint density at radius 2 is 1.87 bits per heavy atom. The van der Waals surface area contributed by atoms with Crippen molar-refractivity contribution < 1.29 is 29.0 Å². The highest BCUT2D eigenvalue weighted by atomic mass is 28.3. The molecular weight excluding hydrogens is 502 g/mol. The first kappa shape index (κ1) is 28.3. The van der Waals surface area contributed by atoms with Gasteiger partial charge in [0.1, 0.15) is 12.8 Å².